The van der Waals surface area contributed by atoms with E-state index in [1.54, 1.807) is 49.6 Å². The van der Waals surface area contributed by atoms with Crippen LogP contribution in [-0.4, -0.2) is 101 Å². The summed E-state index contributed by atoms with van der Waals surface area (Å²) in [6, 6.07) is 68.7. The van der Waals surface area contributed by atoms with E-state index < -0.39 is 11.6 Å². The molecule has 0 N–H and O–H groups in total. The third kappa shape index (κ3) is 9.68. The van der Waals surface area contributed by atoms with Gasteiger partial charge in [-0.2, -0.15) is 0 Å². The highest BCUT2D eigenvalue weighted by molar-refractivity contribution is 6.51. The van der Waals surface area contributed by atoms with Gasteiger partial charge in [0.25, 0.3) is 11.6 Å². The van der Waals surface area contributed by atoms with Crippen molar-refractivity contribution in [3.63, 3.8) is 0 Å². The number of benzene rings is 12. The van der Waals surface area contributed by atoms with Crippen LogP contribution < -0.4 is 0 Å². The van der Waals surface area contributed by atoms with Crippen LogP contribution in [0.2, 0.25) is 0 Å². The van der Waals surface area contributed by atoms with Crippen molar-refractivity contribution in [3.8, 4) is 101 Å². The number of aromatic nitrogens is 18. The number of pyridine rings is 2. The average Bonchev–Trinajstić information content (AvgIpc) is 0.729. The van der Waals surface area contributed by atoms with Crippen LogP contribution in [0.4, 0.5) is 0 Å². The Balaban J connectivity index is 0.533. The second-order valence-electron chi connectivity index (χ2n) is 27.6. The first-order chi connectivity index (χ1) is 55.3. The number of ketones is 2. The van der Waals surface area contributed by atoms with Crippen LogP contribution in [0.3, 0.4) is 0 Å². The smallest absolute Gasteiger partial charge is 0.255 e. The van der Waals surface area contributed by atoms with Crippen LogP contribution in [0.5, 0.6) is 0 Å². The molecule has 0 saturated heterocycles. The Morgan fingerprint density at radius 2 is 0.491 bits per heavy atom. The van der Waals surface area contributed by atoms with E-state index in [1.807, 2.05) is 158 Å². The molecule has 0 spiro atoms. The summed E-state index contributed by atoms with van der Waals surface area (Å²) in [4.78, 5) is 117. The van der Waals surface area contributed by atoms with Gasteiger partial charge in [0.15, 0.2) is 0 Å². The fourth-order valence-electron chi connectivity index (χ4n) is 16.2. The molecule has 20 nitrogen and oxygen atoms in total. The average molecular weight is 1440 g/mol. The molecule has 22 aromatic rings. The van der Waals surface area contributed by atoms with Crippen molar-refractivity contribution in [3.05, 3.63) is 292 Å². The van der Waals surface area contributed by atoms with Crippen molar-refractivity contribution >= 4 is 143 Å². The lowest BCUT2D eigenvalue weighted by molar-refractivity contribution is 0.0809. The molecule has 0 fully saturated rings. The van der Waals surface area contributed by atoms with E-state index in [1.165, 1.54) is 0 Å². The highest BCUT2D eigenvalue weighted by Gasteiger charge is 2.37. The zero-order valence-corrected chi connectivity index (χ0v) is 58.4. The van der Waals surface area contributed by atoms with Crippen LogP contribution in [0.15, 0.2) is 281 Å². The number of rotatable bonds is 8. The quantitative estimate of drug-likeness (QED) is 0.0777. The highest BCUT2D eigenvalue weighted by atomic mass is 16.2. The maximum absolute atomic E-state index is 14.5. The largest absolute Gasteiger partial charge is 0.283 e. The first-order valence-corrected chi connectivity index (χ1v) is 36.1. The topological polar surface area (TPSA) is 266 Å². The summed E-state index contributed by atoms with van der Waals surface area (Å²) in [5.74, 6) is -1.66. The van der Waals surface area contributed by atoms with Crippen LogP contribution >= 0.6 is 0 Å². The minimum Gasteiger partial charge on any atom is -0.283 e. The number of hydrogen-bond acceptors (Lipinski definition) is 20. The SMILES string of the molecule is O=C1C(=O)c2nc(-c3c4ccccc4c(-c4cnc5c(ccc6cc(-c7cccc(-c8cnc9c(ccc%10nccnc%109)n8)c7)cnc65)c4)c4ccccc34)cnc2-c2ncc(-c3cccc(-c4cnc5c(ccc6nc(-c7c8ccccc8c(-c8cnc9c(ccc%10nccnc%109)n8)c8ccccc78)cnc65)n4)c3)nc21. The van der Waals surface area contributed by atoms with Crippen LogP contribution in [0.25, 0.3) is 232 Å². The lowest BCUT2D eigenvalue weighted by Crippen LogP contribution is -2.26. The summed E-state index contributed by atoms with van der Waals surface area (Å²) in [6.45, 7) is 0. The van der Waals surface area contributed by atoms with E-state index >= 15 is 0 Å². The molecule has 0 aliphatic heterocycles. The molecule has 10 aromatic heterocycles. The molecular formula is C92H46N18O2. The number of nitrogens with zero attached hydrogens (tertiary/aromatic N) is 18. The molecule has 0 saturated carbocycles. The Kier molecular flexibility index (Phi) is 13.5. The second kappa shape index (κ2) is 24.3. The van der Waals surface area contributed by atoms with Gasteiger partial charge in [-0.15, -0.1) is 0 Å². The molecule has 12 aromatic carbocycles. The minimum absolute atomic E-state index is 0.0978. The molecule has 0 amide bonds. The fraction of sp³-hybridized carbons (Fsp3) is 0. The first kappa shape index (κ1) is 62.3. The molecule has 516 valence electrons. The third-order valence-electron chi connectivity index (χ3n) is 21.3. The molecule has 0 atom stereocenters. The Bertz CT molecular complexity index is 7880. The summed E-state index contributed by atoms with van der Waals surface area (Å²) in [5.41, 5.74) is 22.3. The Labute approximate surface area is 631 Å². The molecule has 0 bridgehead atoms. The lowest BCUT2D eigenvalue weighted by Gasteiger charge is -2.19. The molecule has 1 aliphatic carbocycles. The van der Waals surface area contributed by atoms with Gasteiger partial charge in [0.2, 0.25) is 0 Å². The second-order valence-corrected chi connectivity index (χ2v) is 27.6. The summed E-state index contributed by atoms with van der Waals surface area (Å²) in [7, 11) is 0. The van der Waals surface area contributed by atoms with Gasteiger partial charge in [-0.05, 0) is 115 Å². The predicted octanol–water partition coefficient (Wildman–Crippen LogP) is 19.0. The van der Waals surface area contributed by atoms with Crippen molar-refractivity contribution in [2.75, 3.05) is 0 Å². The van der Waals surface area contributed by atoms with Gasteiger partial charge < -0.3 is 0 Å². The van der Waals surface area contributed by atoms with Crippen molar-refractivity contribution in [1.29, 1.82) is 0 Å². The van der Waals surface area contributed by atoms with Gasteiger partial charge in [0, 0.05) is 92.5 Å². The molecule has 1 aliphatic rings. The number of Topliss-reactive ketones (excluding diaryl/α,β-unsaturated/α-hetero) is 2. The minimum atomic E-state index is -0.832. The molecule has 10 heterocycles. The van der Waals surface area contributed by atoms with Crippen molar-refractivity contribution in [2.24, 2.45) is 0 Å². The van der Waals surface area contributed by atoms with E-state index in [0.717, 1.165) is 154 Å². The van der Waals surface area contributed by atoms with Gasteiger partial charge in [-0.25, -0.2) is 59.8 Å². The monoisotopic (exact) mass is 1430 g/mol. The summed E-state index contributed by atoms with van der Waals surface area (Å²) < 4.78 is 0. The van der Waals surface area contributed by atoms with E-state index in [-0.39, 0.29) is 22.8 Å². The van der Waals surface area contributed by atoms with Gasteiger partial charge in [-0.1, -0.05) is 146 Å². The third-order valence-corrected chi connectivity index (χ3v) is 21.3. The maximum Gasteiger partial charge on any atom is 0.255 e. The normalized spacial score (nSPS) is 12.3. The standard InChI is InChI=1S/C92H46N18O2/c111-91-89-87(103-43-71(109-89)50-14-10-13-49(36-50)70-42-100-85-66(106-70)29-30-68-86(85)102-45-73(108-68)77-61-21-7-5-19-59(61)76(60-20-6-8-22-62(60)77)72-44-101-84-67(107-72)28-26-64-82(84)96-34-32-94-64)88-90(92(91)112)110-74(46-104-88)78-57-17-3-1-15-55(57)75(56-16-2-4-18-58(56)78)54-38-52-24-23-51-37-53(39-97-79(51)80(52)98-40-54)47-11-9-12-48(35-47)69-41-99-83-65(105-69)27-25-63-81(83)95-33-31-93-63/h1-46H. The molecule has 0 radical (unpaired) electrons. The summed E-state index contributed by atoms with van der Waals surface area (Å²) >= 11 is 0. The van der Waals surface area contributed by atoms with Gasteiger partial charge in [-0.3, -0.25) is 39.5 Å². The van der Waals surface area contributed by atoms with E-state index in [2.05, 4.69) is 92.7 Å². The van der Waals surface area contributed by atoms with Crippen molar-refractivity contribution < 1.29 is 9.59 Å². The Morgan fingerprint density at radius 1 is 0.188 bits per heavy atom. The van der Waals surface area contributed by atoms with Gasteiger partial charge in [0.1, 0.15) is 55.9 Å². The van der Waals surface area contributed by atoms with Crippen LogP contribution in [-0.2, 0) is 0 Å². The molecular weight excluding hydrogens is 1390 g/mol. The Hall–Kier alpha value is -16.0. The number of hydrogen-bond donors (Lipinski definition) is 0. The molecule has 23 rings (SSSR count). The molecule has 112 heavy (non-hydrogen) atoms. The molecule has 20 heteroatoms. The van der Waals surface area contributed by atoms with Crippen LogP contribution in [0.1, 0.15) is 21.0 Å². The number of fused-ring (bicyclic) bond motifs is 19. The fourth-order valence-corrected chi connectivity index (χ4v) is 16.2. The van der Waals surface area contributed by atoms with Gasteiger partial charge >= 0.3 is 0 Å². The van der Waals surface area contributed by atoms with Crippen molar-refractivity contribution in [1.82, 2.24) is 89.7 Å². The van der Waals surface area contributed by atoms with Crippen LogP contribution in [0, 0.1) is 0 Å². The number of carbonyl (C=O) groups is 2. The van der Waals surface area contributed by atoms with Crippen molar-refractivity contribution in [2.45, 2.75) is 0 Å². The van der Waals surface area contributed by atoms with Gasteiger partial charge in [0.05, 0.1) is 115 Å². The zero-order valence-electron chi connectivity index (χ0n) is 58.4. The maximum atomic E-state index is 14.5. The van der Waals surface area contributed by atoms with E-state index in [0.29, 0.717) is 67.0 Å². The predicted molar refractivity (Wildman–Crippen MR) is 434 cm³/mol. The highest BCUT2D eigenvalue weighted by Crippen LogP contribution is 2.47. The summed E-state index contributed by atoms with van der Waals surface area (Å²) in [5, 5.41) is 9.46. The molecule has 0 unspecified atom stereocenters. The van der Waals surface area contributed by atoms with E-state index in [4.69, 9.17) is 69.8 Å². The summed E-state index contributed by atoms with van der Waals surface area (Å²) in [6.07, 6.45) is 20.9. The lowest BCUT2D eigenvalue weighted by atomic mass is 9.87. The number of carbonyl (C=O) groups excluding carboxylic acids is 2. The first-order valence-electron chi connectivity index (χ1n) is 36.1. The zero-order chi connectivity index (χ0) is 73.8. The van der Waals surface area contributed by atoms with E-state index in [9.17, 15) is 9.59 Å². The Morgan fingerprint density at radius 3 is 0.938 bits per heavy atom.